The molecular weight excluding hydrogens is 1480 g/mol. The highest BCUT2D eigenvalue weighted by atomic mass is 32.2. The summed E-state index contributed by atoms with van der Waals surface area (Å²) in [6.45, 7) is 25.7. The zero-order valence-electron chi connectivity index (χ0n) is 63.7. The Hall–Kier alpha value is -10.3. The number of halogens is 3. The number of nitrogens with one attached hydrogen (secondary N) is 4. The van der Waals surface area contributed by atoms with E-state index < -0.39 is 65.3 Å². The van der Waals surface area contributed by atoms with Crippen molar-refractivity contribution in [3.8, 4) is 28.3 Å². The smallest absolute Gasteiger partial charge is 0.416 e. The molecule has 25 nitrogen and oxygen atoms in total. The van der Waals surface area contributed by atoms with Gasteiger partial charge in [-0.3, -0.25) is 14.4 Å². The van der Waals surface area contributed by atoms with Crippen molar-refractivity contribution in [3.05, 3.63) is 198 Å². The number of sulfonamides is 2. The lowest BCUT2D eigenvalue weighted by Crippen LogP contribution is -2.44. The van der Waals surface area contributed by atoms with Crippen LogP contribution in [0.1, 0.15) is 153 Å². The van der Waals surface area contributed by atoms with Crippen molar-refractivity contribution >= 4 is 87.8 Å². The van der Waals surface area contributed by atoms with Gasteiger partial charge in [-0.1, -0.05) is 93.6 Å². The Morgan fingerprint density at radius 2 is 1.11 bits per heavy atom. The summed E-state index contributed by atoms with van der Waals surface area (Å²) in [6.07, 6.45) is 1.71. The number of rotatable bonds is 19. The van der Waals surface area contributed by atoms with E-state index in [2.05, 4.69) is 111 Å². The largest absolute Gasteiger partial charge is 0.493 e. The first-order valence-electron chi connectivity index (χ1n) is 36.6. The zero-order chi connectivity index (χ0) is 80.3. The Morgan fingerprint density at radius 1 is 0.586 bits per heavy atom. The number of amides is 3. The van der Waals surface area contributed by atoms with Crippen molar-refractivity contribution in [2.45, 2.75) is 147 Å². The Labute approximate surface area is 649 Å². The lowest BCUT2D eigenvalue weighted by molar-refractivity contribution is -0.137. The second-order valence-corrected chi connectivity index (χ2v) is 35.6. The van der Waals surface area contributed by atoms with E-state index >= 15 is 0 Å². The summed E-state index contributed by atoms with van der Waals surface area (Å²) < 4.78 is 131. The molecule has 4 aliphatic rings. The zero-order valence-corrected chi connectivity index (χ0v) is 66.2. The molecule has 3 amide bonds. The third-order valence-corrected chi connectivity index (χ3v) is 24.2. The highest BCUT2D eigenvalue weighted by Gasteiger charge is 2.43. The van der Waals surface area contributed by atoms with Crippen molar-refractivity contribution in [1.29, 1.82) is 0 Å². The standard InChI is InChI=1S/C30H33N5O3S.C25H26F3N5O3S.C25H35N5O4S.2H2/c1-20-18-30(3,4)35(19-20)28-25(14-9-17-31-28)29(36)34-39(37,38)27-16-8-15-26(33-27)32-21(2)23-13-7-11-22-10-5-6-12-24(22)23;1-15-13-24(2,3)33(14-15)22-18(23(34)32-37(35,36)20-5-4-12-30-21(20)29)10-11-19(31-22)16-6-8-17(9-7-16)25(26,27)28;1-5-34-22-9-7-6-8-19(22)21-11-10-20(23(27-21)30-15-17(2)14-25(30,3)4)24(31)28-35(32,33)29-13-12-18(26)16-29;;/h5-17,20-21H,18-19H2,1-4H3,(H,32,33)(H,34,36);4-12,15H,13-14H2,1-3H3,(H2,29,30)(H,32,34);6-11,17-18H,5,12-16,26H2,1-4H3,(H,28,31);2*1H/t;15-;17-,18-;;/m.00../s1. The monoisotopic (exact) mass is 1580 g/mol. The van der Waals surface area contributed by atoms with Crippen LogP contribution in [0, 0.1) is 17.8 Å². The Balaban J connectivity index is 0.000000193. The number of carbonyl (C=O) groups excluding carboxylic acids is 3. The van der Waals surface area contributed by atoms with E-state index in [1.807, 2.05) is 85.8 Å². The van der Waals surface area contributed by atoms with Crippen molar-refractivity contribution in [2.75, 3.05) is 65.1 Å². The van der Waals surface area contributed by atoms with Gasteiger partial charge in [0.1, 0.15) is 39.7 Å². The number of para-hydroxylation sites is 1. The summed E-state index contributed by atoms with van der Waals surface area (Å²) in [6, 6.07) is 42.8. The van der Waals surface area contributed by atoms with E-state index in [0.29, 0.717) is 84.7 Å². The number of alkyl halides is 3. The molecular formula is C80H98F3N15O10S3. The fraction of sp³-hybridized carbons (Fsp3) is 0.375. The number of pyridine rings is 5. The molecule has 5 atom stereocenters. The summed E-state index contributed by atoms with van der Waals surface area (Å²) >= 11 is 0. The van der Waals surface area contributed by atoms with E-state index in [1.165, 1.54) is 53.0 Å². The van der Waals surface area contributed by atoms with Gasteiger partial charge in [-0.15, -0.1) is 0 Å². The molecule has 4 aliphatic heterocycles. The lowest BCUT2D eigenvalue weighted by Gasteiger charge is -2.34. The third kappa shape index (κ3) is 18.7. The highest BCUT2D eigenvalue weighted by molar-refractivity contribution is 7.90. The molecule has 0 spiro atoms. The van der Waals surface area contributed by atoms with Crippen LogP contribution in [-0.2, 0) is 36.4 Å². The van der Waals surface area contributed by atoms with Crippen molar-refractivity contribution < 1.29 is 60.4 Å². The molecule has 9 heterocycles. The molecule has 111 heavy (non-hydrogen) atoms. The molecule has 5 aromatic heterocycles. The molecule has 4 aromatic carbocycles. The van der Waals surface area contributed by atoms with Gasteiger partial charge in [0.2, 0.25) is 0 Å². The van der Waals surface area contributed by atoms with Gasteiger partial charge < -0.3 is 36.2 Å². The summed E-state index contributed by atoms with van der Waals surface area (Å²) in [5, 5.41) is 5.29. The summed E-state index contributed by atoms with van der Waals surface area (Å²) in [5.74, 6) is 0.752. The van der Waals surface area contributed by atoms with Gasteiger partial charge in [-0.25, -0.2) is 47.5 Å². The minimum Gasteiger partial charge on any atom is -0.493 e. The average molecular weight is 1580 g/mol. The van der Waals surface area contributed by atoms with Crippen molar-refractivity contribution in [2.24, 2.45) is 23.5 Å². The van der Waals surface area contributed by atoms with Crippen LogP contribution in [0.5, 0.6) is 5.75 Å². The van der Waals surface area contributed by atoms with Crippen molar-refractivity contribution in [3.63, 3.8) is 0 Å². The van der Waals surface area contributed by atoms with Crippen LogP contribution >= 0.6 is 0 Å². The van der Waals surface area contributed by atoms with Crippen LogP contribution < -0.4 is 50.4 Å². The predicted molar refractivity (Wildman–Crippen MR) is 428 cm³/mol. The molecule has 0 aliphatic carbocycles. The minimum absolute atomic E-state index is 0. The summed E-state index contributed by atoms with van der Waals surface area (Å²) in [4.78, 5) is 67.8. The highest BCUT2D eigenvalue weighted by Crippen LogP contribution is 2.43. The fourth-order valence-electron chi connectivity index (χ4n) is 15.3. The predicted octanol–water partition coefficient (Wildman–Crippen LogP) is 13.3. The maximum atomic E-state index is 13.3. The maximum absolute atomic E-state index is 13.3. The Kier molecular flexibility index (Phi) is 23.9. The molecule has 0 radical (unpaired) electrons. The number of nitrogen functional groups attached to an aromatic ring is 1. The number of carbonyl (C=O) groups is 3. The van der Waals surface area contributed by atoms with Crippen LogP contribution in [0.3, 0.4) is 0 Å². The second kappa shape index (κ2) is 32.5. The molecule has 4 fully saturated rings. The quantitative estimate of drug-likeness (QED) is 0.0438. The SMILES string of the molecule is CC1CN(c2ncccc2C(=O)NS(=O)(=O)c2cccc(NC(C)c3cccc4ccccc34)n2)C(C)(C)C1.CCOc1ccccc1-c1ccc(C(=O)NS(=O)(=O)N2CC[C@H](N)C2)c(N2C[C@@H](C)CC2(C)C)n1.C[C@@H]1CN(c2nc(-c3ccc(C(F)(F)F)cc3)ccc2C(=O)NS(=O)(=O)c2cccnc2N)C(C)(C)C1.[HH].[HH]. The molecule has 8 N–H and O–H groups in total. The van der Waals surface area contributed by atoms with Crippen LogP contribution in [-0.4, -0.2) is 134 Å². The molecule has 13 rings (SSSR count). The number of benzene rings is 4. The van der Waals surface area contributed by atoms with Gasteiger partial charge in [0.25, 0.3) is 37.8 Å². The van der Waals surface area contributed by atoms with E-state index in [0.717, 1.165) is 59.8 Å². The number of hydrogen-bond acceptors (Lipinski definition) is 21. The van der Waals surface area contributed by atoms with E-state index in [1.54, 1.807) is 42.6 Å². The number of ether oxygens (including phenoxy) is 1. The number of aromatic nitrogens is 5. The van der Waals surface area contributed by atoms with E-state index in [9.17, 15) is 52.8 Å². The first-order valence-corrected chi connectivity index (χ1v) is 41.0. The Bertz CT molecular complexity index is 5320. The topological polar surface area (TPSA) is 340 Å². The maximum Gasteiger partial charge on any atom is 0.416 e. The lowest BCUT2D eigenvalue weighted by atomic mass is 9.97. The number of fused-ring (bicyclic) bond motifs is 1. The summed E-state index contributed by atoms with van der Waals surface area (Å²) in [5.41, 5.74) is 13.6. The molecule has 31 heteroatoms. The van der Waals surface area contributed by atoms with Gasteiger partial charge in [-0.2, -0.15) is 34.3 Å². The third-order valence-electron chi connectivity index (χ3n) is 20.2. The molecule has 592 valence electrons. The van der Waals surface area contributed by atoms with Gasteiger partial charge in [0.05, 0.1) is 46.3 Å². The molecule has 0 bridgehead atoms. The fourth-order valence-corrected chi connectivity index (χ4v) is 18.5. The van der Waals surface area contributed by atoms with Gasteiger partial charge in [0, 0.05) is 81.8 Å². The molecule has 0 saturated carbocycles. The number of nitrogens with zero attached hydrogens (tertiary/aromatic N) is 9. The van der Waals surface area contributed by atoms with Gasteiger partial charge in [-0.05, 0) is 200 Å². The van der Waals surface area contributed by atoms with Crippen LogP contribution in [0.15, 0.2) is 180 Å². The normalized spacial score (nSPS) is 19.1. The average Bonchev–Trinajstić information content (AvgIpc) is 1.72. The van der Waals surface area contributed by atoms with Crippen LogP contribution in [0.4, 0.5) is 42.3 Å². The molecule has 4 saturated heterocycles. The first kappa shape index (κ1) is 81.6. The molecule has 9 aromatic rings. The van der Waals surface area contributed by atoms with Crippen molar-refractivity contribution in [1.82, 2.24) is 43.4 Å². The van der Waals surface area contributed by atoms with Gasteiger partial charge in [0.15, 0.2) is 5.03 Å². The number of anilines is 5. The van der Waals surface area contributed by atoms with Gasteiger partial charge >= 0.3 is 16.4 Å². The Morgan fingerprint density at radius 3 is 1.68 bits per heavy atom. The second-order valence-electron chi connectivity index (χ2n) is 30.6. The van der Waals surface area contributed by atoms with E-state index in [-0.39, 0.29) is 76.7 Å². The van der Waals surface area contributed by atoms with E-state index in [4.69, 9.17) is 21.2 Å². The first-order chi connectivity index (χ1) is 52.2. The van der Waals surface area contributed by atoms with Crippen LogP contribution in [0.25, 0.3) is 33.3 Å². The number of hydrogen-bond donors (Lipinski definition) is 6. The number of nitrogens with two attached hydrogens (primary N) is 2. The molecule has 2 unspecified atom stereocenters. The van der Waals surface area contributed by atoms with Crippen LogP contribution in [0.2, 0.25) is 0 Å². The minimum atomic E-state index is -4.47. The summed E-state index contributed by atoms with van der Waals surface area (Å²) in [7, 11) is -12.6.